The van der Waals surface area contributed by atoms with Crippen molar-refractivity contribution in [1.82, 2.24) is 0 Å². The number of rotatable bonds is 3. The van der Waals surface area contributed by atoms with Gasteiger partial charge in [-0.2, -0.15) is 0 Å². The molecule has 0 amide bonds. The molecule has 56 heavy (non-hydrogen) atoms. The summed E-state index contributed by atoms with van der Waals surface area (Å²) in [7, 11) is 0. The molecular weight excluding hydrogens is 695 g/mol. The minimum Gasteiger partial charge on any atom is -0.310 e. The topological polar surface area (TPSA) is 3.24 Å². The van der Waals surface area contributed by atoms with Crippen molar-refractivity contribution in [3.63, 3.8) is 0 Å². The van der Waals surface area contributed by atoms with Crippen molar-refractivity contribution in [3.05, 3.63) is 148 Å². The second kappa shape index (κ2) is 11.9. The van der Waals surface area contributed by atoms with E-state index in [1.165, 1.54) is 98.4 Å². The third-order valence-corrected chi connectivity index (χ3v) is 14.3. The first-order valence-corrected chi connectivity index (χ1v) is 21.3. The third kappa shape index (κ3) is 5.53. The molecule has 0 spiro atoms. The van der Waals surface area contributed by atoms with Gasteiger partial charge < -0.3 is 4.90 Å². The van der Waals surface area contributed by atoms with Gasteiger partial charge >= 0.3 is 0 Å². The Morgan fingerprint density at radius 3 is 1.52 bits per heavy atom. The van der Waals surface area contributed by atoms with Gasteiger partial charge in [-0.05, 0) is 126 Å². The van der Waals surface area contributed by atoms with E-state index in [1.54, 1.807) is 0 Å². The molecule has 284 valence electrons. The first kappa shape index (κ1) is 36.9. The lowest BCUT2D eigenvalue weighted by atomic mass is 9.79. The lowest BCUT2D eigenvalue weighted by Gasteiger charge is -2.30. The summed E-state index contributed by atoms with van der Waals surface area (Å²) >= 11 is 1.95. The Balaban J connectivity index is 1.28. The lowest BCUT2D eigenvalue weighted by Crippen LogP contribution is -2.19. The first-order chi connectivity index (χ1) is 26.2. The van der Waals surface area contributed by atoms with E-state index >= 15 is 0 Å². The van der Waals surface area contributed by atoms with Gasteiger partial charge in [0.2, 0.25) is 0 Å². The minimum absolute atomic E-state index is 0.0342. The molecule has 0 saturated heterocycles. The van der Waals surface area contributed by atoms with E-state index in [0.717, 1.165) is 0 Å². The Morgan fingerprint density at radius 1 is 0.429 bits per heavy atom. The number of thiophene rings is 1. The summed E-state index contributed by atoms with van der Waals surface area (Å²) in [5.41, 5.74) is 18.8. The Morgan fingerprint density at radius 2 is 0.929 bits per heavy atom. The standard InChI is InChI=1S/C54H57NS/c1-50(2,3)32-18-22-38-40-24-20-36(31-46(40)54(12,13)44(38)27-32)55(35-19-23-39-37-16-14-15-17-43(37)53(10,11)45(39)30-35)34-21-25-48-41(29-34)42-26-33(51(4,5)6)28-47(49(42)56-48)52(7,8)9/h14-31H,1-13H3. The number of benzene rings is 6. The van der Waals surface area contributed by atoms with E-state index in [1.807, 2.05) is 11.3 Å². The molecule has 1 nitrogen and oxygen atoms in total. The maximum Gasteiger partial charge on any atom is 0.0468 e. The molecule has 2 heteroatoms. The fraction of sp³-hybridized carbons (Fsp3) is 0.333. The van der Waals surface area contributed by atoms with Crippen LogP contribution in [0.5, 0.6) is 0 Å². The summed E-state index contributed by atoms with van der Waals surface area (Å²) in [6, 6.07) is 42.7. The van der Waals surface area contributed by atoms with Crippen molar-refractivity contribution in [2.45, 2.75) is 117 Å². The minimum atomic E-state index is -0.130. The summed E-state index contributed by atoms with van der Waals surface area (Å²) in [5.74, 6) is 0. The summed E-state index contributed by atoms with van der Waals surface area (Å²) in [6.45, 7) is 30.6. The molecule has 0 radical (unpaired) electrons. The number of hydrogen-bond acceptors (Lipinski definition) is 2. The molecule has 9 rings (SSSR count). The Labute approximate surface area is 339 Å². The van der Waals surface area contributed by atoms with Crippen LogP contribution in [-0.2, 0) is 27.1 Å². The Kier molecular flexibility index (Phi) is 7.87. The van der Waals surface area contributed by atoms with Crippen LogP contribution in [0.1, 0.15) is 129 Å². The Bertz CT molecular complexity index is 2750. The molecule has 0 bridgehead atoms. The predicted octanol–water partition coefficient (Wildman–Crippen LogP) is 16.0. The second-order valence-corrected chi connectivity index (χ2v) is 21.8. The van der Waals surface area contributed by atoms with Crippen molar-refractivity contribution in [2.24, 2.45) is 0 Å². The molecule has 1 aromatic heterocycles. The largest absolute Gasteiger partial charge is 0.310 e. The highest BCUT2D eigenvalue weighted by Crippen LogP contribution is 2.54. The quantitative estimate of drug-likeness (QED) is 0.174. The van der Waals surface area contributed by atoms with Crippen LogP contribution in [-0.4, -0.2) is 0 Å². The fourth-order valence-corrected chi connectivity index (χ4v) is 11.0. The average molecular weight is 752 g/mol. The maximum atomic E-state index is 2.53. The van der Waals surface area contributed by atoms with E-state index in [9.17, 15) is 0 Å². The zero-order valence-electron chi connectivity index (χ0n) is 35.7. The van der Waals surface area contributed by atoms with Gasteiger partial charge in [-0.1, -0.05) is 151 Å². The third-order valence-electron chi connectivity index (χ3n) is 13.1. The molecular formula is C54H57NS. The average Bonchev–Trinajstić information content (AvgIpc) is 3.69. The van der Waals surface area contributed by atoms with Gasteiger partial charge in [0.1, 0.15) is 0 Å². The number of fused-ring (bicyclic) bond motifs is 9. The molecule has 0 fully saturated rings. The summed E-state index contributed by atoms with van der Waals surface area (Å²) in [4.78, 5) is 2.53. The van der Waals surface area contributed by atoms with E-state index in [0.29, 0.717) is 0 Å². The van der Waals surface area contributed by atoms with Crippen molar-refractivity contribution in [2.75, 3.05) is 4.90 Å². The molecule has 0 saturated carbocycles. The van der Waals surface area contributed by atoms with Crippen molar-refractivity contribution < 1.29 is 0 Å². The molecule has 1 heterocycles. The van der Waals surface area contributed by atoms with Gasteiger partial charge in [0, 0.05) is 48.1 Å². The molecule has 7 aromatic rings. The van der Waals surface area contributed by atoms with E-state index in [4.69, 9.17) is 0 Å². The zero-order valence-corrected chi connectivity index (χ0v) is 36.6. The van der Waals surface area contributed by atoms with Gasteiger partial charge in [0.25, 0.3) is 0 Å². The van der Waals surface area contributed by atoms with E-state index in [-0.39, 0.29) is 27.1 Å². The van der Waals surface area contributed by atoms with Crippen LogP contribution in [0.2, 0.25) is 0 Å². The monoisotopic (exact) mass is 751 g/mol. The molecule has 0 atom stereocenters. The number of hydrogen-bond donors (Lipinski definition) is 0. The zero-order chi connectivity index (χ0) is 39.9. The highest BCUT2D eigenvalue weighted by atomic mass is 32.1. The lowest BCUT2D eigenvalue weighted by molar-refractivity contribution is 0.573. The highest BCUT2D eigenvalue weighted by molar-refractivity contribution is 7.26. The van der Waals surface area contributed by atoms with Gasteiger partial charge in [-0.3, -0.25) is 0 Å². The van der Waals surface area contributed by atoms with Crippen molar-refractivity contribution in [1.29, 1.82) is 0 Å². The summed E-state index contributed by atoms with van der Waals surface area (Å²) in [6.07, 6.45) is 0. The van der Waals surface area contributed by atoms with Crippen LogP contribution < -0.4 is 4.90 Å². The smallest absolute Gasteiger partial charge is 0.0468 e. The summed E-state index contributed by atoms with van der Waals surface area (Å²) in [5, 5.41) is 2.71. The first-order valence-electron chi connectivity index (χ1n) is 20.5. The van der Waals surface area contributed by atoms with Crippen LogP contribution in [0.15, 0.2) is 109 Å². The van der Waals surface area contributed by atoms with E-state index in [2.05, 4.69) is 204 Å². The predicted molar refractivity (Wildman–Crippen MR) is 245 cm³/mol. The normalized spacial score (nSPS) is 15.5. The van der Waals surface area contributed by atoms with Crippen LogP contribution in [0.25, 0.3) is 42.4 Å². The van der Waals surface area contributed by atoms with Crippen molar-refractivity contribution in [3.8, 4) is 22.3 Å². The van der Waals surface area contributed by atoms with Gasteiger partial charge in [-0.25, -0.2) is 0 Å². The van der Waals surface area contributed by atoms with Crippen LogP contribution in [0, 0.1) is 0 Å². The van der Waals surface area contributed by atoms with Crippen LogP contribution >= 0.6 is 11.3 Å². The molecule has 6 aromatic carbocycles. The summed E-state index contributed by atoms with van der Waals surface area (Å²) < 4.78 is 2.75. The number of anilines is 3. The van der Waals surface area contributed by atoms with Crippen LogP contribution in [0.4, 0.5) is 17.1 Å². The van der Waals surface area contributed by atoms with Gasteiger partial charge in [-0.15, -0.1) is 11.3 Å². The van der Waals surface area contributed by atoms with Gasteiger partial charge in [0.05, 0.1) is 0 Å². The maximum absolute atomic E-state index is 2.53. The molecule has 0 N–H and O–H groups in total. The fourth-order valence-electron chi connectivity index (χ4n) is 9.61. The second-order valence-electron chi connectivity index (χ2n) is 20.8. The SMILES string of the molecule is CC(C)(C)c1ccc2c(c1)C(C)(C)c1cc(N(c3ccc4c(c3)C(C)(C)c3ccccc3-4)c3ccc4sc5c(C(C)(C)C)cc(C(C)(C)C)cc5c4c3)ccc1-2. The van der Waals surface area contributed by atoms with E-state index < -0.39 is 0 Å². The van der Waals surface area contributed by atoms with Crippen molar-refractivity contribution >= 4 is 48.6 Å². The molecule has 2 aliphatic rings. The Hall–Kier alpha value is -4.66. The molecule has 2 aliphatic carbocycles. The number of nitrogens with zero attached hydrogens (tertiary/aromatic N) is 1. The highest BCUT2D eigenvalue weighted by Gasteiger charge is 2.38. The van der Waals surface area contributed by atoms with Crippen LogP contribution in [0.3, 0.4) is 0 Å². The molecule has 0 aliphatic heterocycles. The molecule has 0 unspecified atom stereocenters. The van der Waals surface area contributed by atoms with Gasteiger partial charge in [0.15, 0.2) is 0 Å².